The third-order valence-electron chi connectivity index (χ3n) is 2.82. The van der Waals surface area contributed by atoms with Crippen LogP contribution in [0.15, 0.2) is 0 Å². The minimum atomic E-state index is -3.66. The topological polar surface area (TPSA) is 89.4 Å². The Kier molecular flexibility index (Phi) is 5.00. The highest BCUT2D eigenvalue weighted by Gasteiger charge is 2.37. The van der Waals surface area contributed by atoms with E-state index in [1.807, 2.05) is 13.8 Å². The maximum Gasteiger partial charge on any atom is 0.277 e. The van der Waals surface area contributed by atoms with E-state index < -0.39 is 15.7 Å². The first-order chi connectivity index (χ1) is 6.37. The van der Waals surface area contributed by atoms with Gasteiger partial charge in [0.25, 0.3) is 10.2 Å². The molecular weight excluding hydrogens is 202 g/mol. The van der Waals surface area contributed by atoms with Crippen molar-refractivity contribution in [1.29, 1.82) is 0 Å². The Morgan fingerprint density at radius 3 is 1.71 bits per heavy atom. The largest absolute Gasteiger partial charge is 0.329 e. The second-order valence-electron chi connectivity index (χ2n) is 3.35. The molecule has 0 rings (SSSR count). The van der Waals surface area contributed by atoms with Crippen LogP contribution in [0.5, 0.6) is 0 Å². The van der Waals surface area contributed by atoms with Crippen LogP contribution in [0.25, 0.3) is 0 Å². The molecular formula is C8H21N3O2S. The third-order valence-corrected chi connectivity index (χ3v) is 4.08. The second kappa shape index (κ2) is 5.06. The molecule has 0 aromatic rings. The smallest absolute Gasteiger partial charge is 0.277 e. The highest BCUT2D eigenvalue weighted by atomic mass is 32.2. The molecule has 6 heteroatoms. The first-order valence-corrected chi connectivity index (χ1v) is 6.38. The predicted octanol–water partition coefficient (Wildman–Crippen LogP) is 0.0293. The van der Waals surface area contributed by atoms with Crippen molar-refractivity contribution in [1.82, 2.24) is 4.31 Å². The van der Waals surface area contributed by atoms with Crippen LogP contribution in [0.3, 0.4) is 0 Å². The summed E-state index contributed by atoms with van der Waals surface area (Å²) < 4.78 is 24.0. The van der Waals surface area contributed by atoms with Crippen LogP contribution in [0, 0.1) is 0 Å². The summed E-state index contributed by atoms with van der Waals surface area (Å²) in [4.78, 5) is 0. The number of likely N-dealkylation sites (N-methyl/N-ethyl adjacent to an activating group) is 1. The molecule has 0 aliphatic rings. The van der Waals surface area contributed by atoms with Gasteiger partial charge in [0.1, 0.15) is 0 Å². The quantitative estimate of drug-likeness (QED) is 0.665. The summed E-state index contributed by atoms with van der Waals surface area (Å²) in [5, 5.41) is 5.15. The van der Waals surface area contributed by atoms with E-state index in [1.54, 1.807) is 6.92 Å². The minimum Gasteiger partial charge on any atom is -0.329 e. The van der Waals surface area contributed by atoms with Crippen molar-refractivity contribution >= 4 is 10.2 Å². The molecule has 0 bridgehead atoms. The van der Waals surface area contributed by atoms with Gasteiger partial charge in [-0.25, -0.2) is 5.14 Å². The van der Waals surface area contributed by atoms with Crippen molar-refractivity contribution in [3.05, 3.63) is 0 Å². The van der Waals surface area contributed by atoms with E-state index >= 15 is 0 Å². The first kappa shape index (κ1) is 13.8. The fraction of sp³-hybridized carbons (Fsp3) is 1.00. The van der Waals surface area contributed by atoms with Crippen LogP contribution in [-0.4, -0.2) is 31.4 Å². The molecule has 0 aliphatic carbocycles. The van der Waals surface area contributed by atoms with Crippen LogP contribution in [0.2, 0.25) is 0 Å². The summed E-state index contributed by atoms with van der Waals surface area (Å²) in [5.41, 5.74) is 5.11. The van der Waals surface area contributed by atoms with Gasteiger partial charge in [-0.1, -0.05) is 20.8 Å². The molecule has 0 fully saturated rings. The lowest BCUT2D eigenvalue weighted by atomic mass is 9.93. The molecule has 0 saturated carbocycles. The van der Waals surface area contributed by atoms with Crippen LogP contribution in [0.1, 0.15) is 33.6 Å². The van der Waals surface area contributed by atoms with Gasteiger partial charge in [0.05, 0.1) is 0 Å². The molecule has 5 nitrogen and oxygen atoms in total. The predicted molar refractivity (Wildman–Crippen MR) is 57.9 cm³/mol. The Morgan fingerprint density at radius 2 is 1.64 bits per heavy atom. The van der Waals surface area contributed by atoms with E-state index in [9.17, 15) is 8.42 Å². The van der Waals surface area contributed by atoms with Crippen molar-refractivity contribution in [2.24, 2.45) is 10.9 Å². The lowest BCUT2D eigenvalue weighted by molar-refractivity contribution is 0.184. The Morgan fingerprint density at radius 1 is 1.21 bits per heavy atom. The van der Waals surface area contributed by atoms with Gasteiger partial charge < -0.3 is 5.73 Å². The van der Waals surface area contributed by atoms with Gasteiger partial charge in [0, 0.05) is 18.6 Å². The van der Waals surface area contributed by atoms with Crippen LogP contribution in [0.4, 0.5) is 0 Å². The summed E-state index contributed by atoms with van der Waals surface area (Å²) in [5.74, 6) is 0. The van der Waals surface area contributed by atoms with E-state index in [4.69, 9.17) is 10.9 Å². The lowest BCUT2D eigenvalue weighted by Crippen LogP contribution is -2.57. The standard InChI is InChI=1S/C8H21N3O2S/c1-4-8(5-2,7-9)11(6-3)14(10,12)13/h4-7,9H2,1-3H3,(H2,10,12,13). The van der Waals surface area contributed by atoms with E-state index in [2.05, 4.69) is 0 Å². The molecule has 0 unspecified atom stereocenters. The SMILES string of the molecule is CCN(C(CC)(CC)CN)S(N)(=O)=O. The van der Waals surface area contributed by atoms with Gasteiger partial charge in [-0.15, -0.1) is 0 Å². The van der Waals surface area contributed by atoms with Gasteiger partial charge >= 0.3 is 0 Å². The molecule has 14 heavy (non-hydrogen) atoms. The van der Waals surface area contributed by atoms with Gasteiger partial charge in [0.15, 0.2) is 0 Å². The monoisotopic (exact) mass is 223 g/mol. The number of hydrogen-bond donors (Lipinski definition) is 2. The third kappa shape index (κ3) is 2.66. The maximum atomic E-state index is 11.3. The van der Waals surface area contributed by atoms with Crippen molar-refractivity contribution in [3.63, 3.8) is 0 Å². The van der Waals surface area contributed by atoms with E-state index in [0.29, 0.717) is 25.9 Å². The zero-order valence-corrected chi connectivity index (χ0v) is 9.97. The molecule has 0 aromatic heterocycles. The normalized spacial score (nSPS) is 13.6. The first-order valence-electron chi connectivity index (χ1n) is 4.88. The molecule has 0 heterocycles. The molecule has 0 aromatic carbocycles. The zero-order chi connectivity index (χ0) is 11.4. The number of hydrogen-bond acceptors (Lipinski definition) is 3. The lowest BCUT2D eigenvalue weighted by Gasteiger charge is -2.39. The Hall–Kier alpha value is -0.170. The Balaban J connectivity index is 5.15. The number of nitrogens with two attached hydrogens (primary N) is 2. The van der Waals surface area contributed by atoms with Gasteiger partial charge in [-0.3, -0.25) is 0 Å². The van der Waals surface area contributed by atoms with Crippen molar-refractivity contribution < 1.29 is 8.42 Å². The molecule has 0 saturated heterocycles. The minimum absolute atomic E-state index is 0.296. The molecule has 0 spiro atoms. The van der Waals surface area contributed by atoms with Crippen LogP contribution < -0.4 is 10.9 Å². The number of rotatable bonds is 6. The zero-order valence-electron chi connectivity index (χ0n) is 9.16. The van der Waals surface area contributed by atoms with Crippen molar-refractivity contribution in [2.45, 2.75) is 39.2 Å². The number of nitrogens with zero attached hydrogens (tertiary/aromatic N) is 1. The van der Waals surface area contributed by atoms with Crippen molar-refractivity contribution in [3.8, 4) is 0 Å². The Bertz CT molecular complexity index is 251. The average Bonchev–Trinajstić information content (AvgIpc) is 2.12. The van der Waals surface area contributed by atoms with Crippen LogP contribution in [-0.2, 0) is 10.2 Å². The highest BCUT2D eigenvalue weighted by Crippen LogP contribution is 2.24. The summed E-state index contributed by atoms with van der Waals surface area (Å²) in [6.07, 6.45) is 1.34. The van der Waals surface area contributed by atoms with Gasteiger partial charge in [-0.05, 0) is 12.8 Å². The molecule has 86 valence electrons. The summed E-state index contributed by atoms with van der Waals surface area (Å²) >= 11 is 0. The van der Waals surface area contributed by atoms with Crippen LogP contribution >= 0.6 is 0 Å². The molecule has 4 N–H and O–H groups in total. The average molecular weight is 223 g/mol. The van der Waals surface area contributed by atoms with E-state index in [0.717, 1.165) is 0 Å². The summed E-state index contributed by atoms with van der Waals surface area (Å²) in [7, 11) is -3.66. The van der Waals surface area contributed by atoms with E-state index in [1.165, 1.54) is 4.31 Å². The highest BCUT2D eigenvalue weighted by molar-refractivity contribution is 7.86. The molecule has 0 amide bonds. The Labute approximate surface area is 86.6 Å². The van der Waals surface area contributed by atoms with Gasteiger partial charge in [-0.2, -0.15) is 12.7 Å². The maximum absolute atomic E-state index is 11.3. The second-order valence-corrected chi connectivity index (χ2v) is 4.82. The molecule has 0 atom stereocenters. The molecule has 0 radical (unpaired) electrons. The van der Waals surface area contributed by atoms with Gasteiger partial charge in [0.2, 0.25) is 0 Å². The molecule has 0 aliphatic heterocycles. The fourth-order valence-corrected chi connectivity index (χ4v) is 3.01. The van der Waals surface area contributed by atoms with Crippen molar-refractivity contribution in [2.75, 3.05) is 13.1 Å². The summed E-state index contributed by atoms with van der Waals surface area (Å²) in [6, 6.07) is 0. The summed E-state index contributed by atoms with van der Waals surface area (Å²) in [6.45, 7) is 6.26. The fourth-order valence-electron chi connectivity index (χ4n) is 1.78. The van der Waals surface area contributed by atoms with E-state index in [-0.39, 0.29) is 0 Å².